The predicted octanol–water partition coefficient (Wildman–Crippen LogP) is 1.93. The minimum atomic E-state index is -0.741. The zero-order valence-corrected chi connectivity index (χ0v) is 10.6. The molecule has 0 unspecified atom stereocenters. The first kappa shape index (κ1) is 13.7. The topological polar surface area (TPSA) is 121 Å². The molecule has 9 heteroatoms. The Morgan fingerprint density at radius 3 is 2.50 bits per heavy atom. The first-order valence-electron chi connectivity index (χ1n) is 5.21. The molecule has 0 aliphatic rings. The molecular formula is C11H7ClN4O4. The lowest BCUT2D eigenvalue weighted by atomic mass is 10.2. The lowest BCUT2D eigenvalue weighted by Crippen LogP contribution is -2.10. The van der Waals surface area contributed by atoms with Gasteiger partial charge in [-0.3, -0.25) is 14.9 Å². The van der Waals surface area contributed by atoms with Crippen LogP contribution in [-0.2, 0) is 0 Å². The molecule has 2 rings (SSSR count). The fraction of sp³-hybridized carbons (Fsp3) is 0. The number of nitrogens with two attached hydrogens (primary N) is 1. The van der Waals surface area contributed by atoms with Gasteiger partial charge in [-0.25, -0.2) is 4.98 Å². The number of benzene rings is 1. The Morgan fingerprint density at radius 2 is 1.95 bits per heavy atom. The fourth-order valence-corrected chi connectivity index (χ4v) is 1.56. The van der Waals surface area contributed by atoms with E-state index in [2.05, 4.69) is 9.97 Å². The highest BCUT2D eigenvalue weighted by molar-refractivity contribution is 6.31. The molecule has 102 valence electrons. The largest absolute Gasteiger partial charge is 0.434 e. The van der Waals surface area contributed by atoms with E-state index in [1.807, 2.05) is 0 Å². The Bertz CT molecular complexity index is 675. The van der Waals surface area contributed by atoms with Crippen LogP contribution in [0.1, 0.15) is 10.4 Å². The lowest BCUT2D eigenvalue weighted by Gasteiger charge is -2.05. The Hall–Kier alpha value is -2.74. The van der Waals surface area contributed by atoms with Crippen LogP contribution in [-0.4, -0.2) is 20.8 Å². The second kappa shape index (κ2) is 5.49. The van der Waals surface area contributed by atoms with Crippen LogP contribution < -0.4 is 10.5 Å². The van der Waals surface area contributed by atoms with Gasteiger partial charge in [0.2, 0.25) is 11.1 Å². The van der Waals surface area contributed by atoms with Gasteiger partial charge < -0.3 is 10.5 Å². The summed E-state index contributed by atoms with van der Waals surface area (Å²) in [4.78, 5) is 28.2. The minimum absolute atomic E-state index is 0.243. The summed E-state index contributed by atoms with van der Waals surface area (Å²) in [5, 5.41) is 10.6. The molecular weight excluding hydrogens is 288 g/mol. The number of aromatic nitrogens is 2. The number of carbonyl (C=O) groups is 1. The SMILES string of the molecule is NC(=O)c1ccc(Oc2ncnc(Cl)c2[N+](=O)[O-])cc1. The van der Waals surface area contributed by atoms with Crippen LogP contribution in [0.2, 0.25) is 5.15 Å². The summed E-state index contributed by atoms with van der Waals surface area (Å²) in [6.07, 6.45) is 1.04. The Morgan fingerprint density at radius 1 is 1.30 bits per heavy atom. The van der Waals surface area contributed by atoms with E-state index in [0.29, 0.717) is 0 Å². The van der Waals surface area contributed by atoms with Crippen molar-refractivity contribution in [3.8, 4) is 11.6 Å². The molecule has 0 spiro atoms. The van der Waals surface area contributed by atoms with Gasteiger partial charge >= 0.3 is 11.6 Å². The molecule has 8 nitrogen and oxygen atoms in total. The molecule has 0 fully saturated rings. The highest BCUT2D eigenvalue weighted by Crippen LogP contribution is 2.33. The zero-order valence-electron chi connectivity index (χ0n) is 9.82. The molecule has 2 N–H and O–H groups in total. The number of primary amides is 1. The monoisotopic (exact) mass is 294 g/mol. The van der Waals surface area contributed by atoms with E-state index in [9.17, 15) is 14.9 Å². The standard InChI is InChI=1S/C11H7ClN4O4/c12-9-8(16(18)19)11(15-5-14-9)20-7-3-1-6(2-4-7)10(13)17/h1-5H,(H2,13,17). The summed E-state index contributed by atoms with van der Waals surface area (Å²) in [6, 6.07) is 5.71. The molecule has 0 saturated carbocycles. The molecule has 20 heavy (non-hydrogen) atoms. The number of halogens is 1. The van der Waals surface area contributed by atoms with Crippen molar-refractivity contribution in [1.82, 2.24) is 9.97 Å². The van der Waals surface area contributed by atoms with E-state index in [-0.39, 0.29) is 22.3 Å². The third kappa shape index (κ3) is 2.81. The molecule has 1 aromatic heterocycles. The highest BCUT2D eigenvalue weighted by atomic mass is 35.5. The van der Waals surface area contributed by atoms with Crippen molar-refractivity contribution in [3.05, 3.63) is 51.4 Å². The van der Waals surface area contributed by atoms with Gasteiger partial charge in [-0.2, -0.15) is 4.98 Å². The van der Waals surface area contributed by atoms with Gasteiger partial charge in [0.1, 0.15) is 12.1 Å². The second-order valence-corrected chi connectivity index (χ2v) is 3.92. The molecule has 0 aliphatic heterocycles. The van der Waals surface area contributed by atoms with E-state index in [1.165, 1.54) is 24.3 Å². The summed E-state index contributed by atoms with van der Waals surface area (Å²) in [5.74, 6) is -0.637. The van der Waals surface area contributed by atoms with Crippen molar-refractivity contribution in [2.24, 2.45) is 5.73 Å². The number of amides is 1. The van der Waals surface area contributed by atoms with Gasteiger partial charge in [-0.15, -0.1) is 0 Å². The van der Waals surface area contributed by atoms with Crippen LogP contribution >= 0.6 is 11.6 Å². The first-order valence-corrected chi connectivity index (χ1v) is 5.59. The van der Waals surface area contributed by atoms with Crippen LogP contribution in [0.15, 0.2) is 30.6 Å². The maximum Gasteiger partial charge on any atom is 0.368 e. The average Bonchev–Trinajstić information content (AvgIpc) is 2.39. The summed E-state index contributed by atoms with van der Waals surface area (Å²) in [5.41, 5.74) is 4.84. The van der Waals surface area contributed by atoms with Gasteiger partial charge in [-0.05, 0) is 24.3 Å². The number of nitro groups is 1. The molecule has 0 aliphatic carbocycles. The first-order chi connectivity index (χ1) is 9.49. The van der Waals surface area contributed by atoms with Crippen LogP contribution in [0.25, 0.3) is 0 Å². The van der Waals surface area contributed by atoms with E-state index in [0.717, 1.165) is 6.33 Å². The van der Waals surface area contributed by atoms with Crippen molar-refractivity contribution in [2.45, 2.75) is 0 Å². The van der Waals surface area contributed by atoms with Gasteiger partial charge in [0.05, 0.1) is 4.92 Å². The molecule has 0 saturated heterocycles. The minimum Gasteiger partial charge on any atom is -0.434 e. The van der Waals surface area contributed by atoms with E-state index < -0.39 is 16.5 Å². The summed E-state index contributed by atoms with van der Waals surface area (Å²) < 4.78 is 5.26. The maximum atomic E-state index is 10.9. The van der Waals surface area contributed by atoms with Crippen molar-refractivity contribution in [1.29, 1.82) is 0 Å². The molecule has 0 bridgehead atoms. The maximum absolute atomic E-state index is 10.9. The van der Waals surface area contributed by atoms with Crippen LogP contribution in [0.4, 0.5) is 5.69 Å². The highest BCUT2D eigenvalue weighted by Gasteiger charge is 2.23. The Labute approximate surface area is 117 Å². The number of hydrogen-bond acceptors (Lipinski definition) is 6. The molecule has 1 amide bonds. The van der Waals surface area contributed by atoms with Crippen LogP contribution in [0, 0.1) is 10.1 Å². The van der Waals surface area contributed by atoms with Gasteiger partial charge in [0, 0.05) is 5.56 Å². The van der Waals surface area contributed by atoms with Crippen LogP contribution in [0.3, 0.4) is 0 Å². The zero-order chi connectivity index (χ0) is 14.7. The average molecular weight is 295 g/mol. The smallest absolute Gasteiger partial charge is 0.368 e. The third-order valence-corrected chi connectivity index (χ3v) is 2.56. The van der Waals surface area contributed by atoms with Crippen LogP contribution in [0.5, 0.6) is 11.6 Å². The molecule has 0 atom stereocenters. The van der Waals surface area contributed by atoms with Gasteiger partial charge in [0.25, 0.3) is 0 Å². The molecule has 1 aromatic carbocycles. The van der Waals surface area contributed by atoms with E-state index in [4.69, 9.17) is 22.1 Å². The molecule has 0 radical (unpaired) electrons. The number of carbonyl (C=O) groups excluding carboxylic acids is 1. The van der Waals surface area contributed by atoms with Crippen molar-refractivity contribution in [2.75, 3.05) is 0 Å². The van der Waals surface area contributed by atoms with Crippen molar-refractivity contribution >= 4 is 23.2 Å². The Balaban J connectivity index is 2.33. The van der Waals surface area contributed by atoms with E-state index in [1.54, 1.807) is 0 Å². The fourth-order valence-electron chi connectivity index (χ4n) is 1.37. The van der Waals surface area contributed by atoms with Crippen molar-refractivity contribution in [3.63, 3.8) is 0 Å². The lowest BCUT2D eigenvalue weighted by molar-refractivity contribution is -0.386. The van der Waals surface area contributed by atoms with Crippen molar-refractivity contribution < 1.29 is 14.5 Å². The summed E-state index contributed by atoms with van der Waals surface area (Å²) in [7, 11) is 0. The Kier molecular flexibility index (Phi) is 3.76. The third-order valence-electron chi connectivity index (χ3n) is 2.28. The number of nitrogens with zero attached hydrogens (tertiary/aromatic N) is 3. The normalized spacial score (nSPS) is 10.1. The predicted molar refractivity (Wildman–Crippen MR) is 68.7 cm³/mol. The van der Waals surface area contributed by atoms with E-state index >= 15 is 0 Å². The van der Waals surface area contributed by atoms with Gasteiger partial charge in [-0.1, -0.05) is 11.6 Å². The second-order valence-electron chi connectivity index (χ2n) is 3.57. The number of rotatable bonds is 4. The number of ether oxygens (including phenoxy) is 1. The molecule has 1 heterocycles. The summed E-state index contributed by atoms with van der Waals surface area (Å²) >= 11 is 5.62. The van der Waals surface area contributed by atoms with Gasteiger partial charge in [0.15, 0.2) is 0 Å². The quantitative estimate of drug-likeness (QED) is 0.522. The summed E-state index contributed by atoms with van der Waals surface area (Å²) in [6.45, 7) is 0. The number of hydrogen-bond donors (Lipinski definition) is 1. The molecule has 2 aromatic rings.